The van der Waals surface area contributed by atoms with Gasteiger partial charge in [-0.05, 0) is 19.4 Å². The van der Waals surface area contributed by atoms with Crippen molar-refractivity contribution in [3.8, 4) is 17.2 Å². The molecule has 1 aromatic rings. The summed E-state index contributed by atoms with van der Waals surface area (Å²) in [7, 11) is 0. The van der Waals surface area contributed by atoms with Gasteiger partial charge in [-0.3, -0.25) is 4.90 Å². The Labute approximate surface area is 193 Å². The first-order valence-corrected chi connectivity index (χ1v) is 9.44. The molecule has 0 bridgehead atoms. The van der Waals surface area contributed by atoms with E-state index >= 15 is 0 Å². The summed E-state index contributed by atoms with van der Waals surface area (Å²) in [6.45, 7) is -1.08. The molecule has 0 saturated carbocycles. The summed E-state index contributed by atoms with van der Waals surface area (Å²) in [6.07, 6.45) is -3.71. The van der Waals surface area contributed by atoms with Gasteiger partial charge in [-0.25, -0.2) is 4.99 Å². The molecule has 3 rings (SSSR count). The number of alkyl halides is 5. The van der Waals surface area contributed by atoms with Gasteiger partial charge in [0.25, 0.3) is 0 Å². The van der Waals surface area contributed by atoms with Crippen molar-refractivity contribution in [2.45, 2.75) is 38.7 Å². The van der Waals surface area contributed by atoms with Crippen LogP contribution < -0.4 is 24.8 Å². The molecule has 31 heavy (non-hydrogen) atoms. The maximum Gasteiger partial charge on any atom is 0.401 e. The third kappa shape index (κ3) is 7.70. The van der Waals surface area contributed by atoms with Crippen LogP contribution in [0.5, 0.6) is 17.2 Å². The number of guanidine groups is 1. The van der Waals surface area contributed by atoms with E-state index in [1.54, 1.807) is 0 Å². The zero-order valence-electron chi connectivity index (χ0n) is 16.7. The molecule has 1 aromatic carbocycles. The summed E-state index contributed by atoms with van der Waals surface area (Å²) in [5.41, 5.74) is 0.363. The molecule has 176 valence electrons. The van der Waals surface area contributed by atoms with E-state index in [0.717, 1.165) is 0 Å². The summed E-state index contributed by atoms with van der Waals surface area (Å²) >= 11 is 0. The van der Waals surface area contributed by atoms with Crippen LogP contribution in [-0.4, -0.2) is 62.7 Å². The fourth-order valence-electron chi connectivity index (χ4n) is 3.32. The Morgan fingerprint density at radius 2 is 2.00 bits per heavy atom. The van der Waals surface area contributed by atoms with Crippen LogP contribution in [0.25, 0.3) is 0 Å². The number of nitrogens with zero attached hydrogens (tertiary/aromatic N) is 2. The first kappa shape index (κ1) is 25.5. The molecule has 2 aliphatic rings. The largest absolute Gasteiger partial charge is 0.454 e. The minimum Gasteiger partial charge on any atom is -0.454 e. The molecule has 0 aromatic heterocycles. The van der Waals surface area contributed by atoms with Crippen molar-refractivity contribution >= 4 is 29.9 Å². The van der Waals surface area contributed by atoms with Gasteiger partial charge >= 0.3 is 12.8 Å². The van der Waals surface area contributed by atoms with E-state index in [0.29, 0.717) is 42.5 Å². The van der Waals surface area contributed by atoms with Crippen LogP contribution in [0.3, 0.4) is 0 Å². The topological polar surface area (TPSA) is 67.4 Å². The number of aliphatic imine (C=N–C) groups is 1. The van der Waals surface area contributed by atoms with Crippen LogP contribution >= 0.6 is 24.0 Å². The summed E-state index contributed by atoms with van der Waals surface area (Å²) in [4.78, 5) is 5.70. The van der Waals surface area contributed by atoms with Gasteiger partial charge in [0, 0.05) is 37.3 Å². The number of benzene rings is 1. The van der Waals surface area contributed by atoms with Gasteiger partial charge in [0.2, 0.25) is 6.79 Å². The summed E-state index contributed by atoms with van der Waals surface area (Å²) in [5, 5.41) is 6.11. The fourth-order valence-corrected chi connectivity index (χ4v) is 3.32. The SMILES string of the molecule is CCNC(=NCc1cc2c(cc1OC(F)F)OCO2)NC1CCN(CC(F)(F)F)C1.I. The van der Waals surface area contributed by atoms with Crippen LogP contribution in [-0.2, 0) is 6.54 Å². The Morgan fingerprint density at radius 3 is 2.65 bits per heavy atom. The van der Waals surface area contributed by atoms with E-state index in [1.807, 2.05) is 6.92 Å². The highest BCUT2D eigenvalue weighted by Gasteiger charge is 2.34. The highest BCUT2D eigenvalue weighted by Crippen LogP contribution is 2.39. The maximum atomic E-state index is 12.8. The van der Waals surface area contributed by atoms with Gasteiger partial charge < -0.3 is 24.8 Å². The van der Waals surface area contributed by atoms with Gasteiger partial charge in [-0.15, -0.1) is 24.0 Å². The molecule has 7 nitrogen and oxygen atoms in total. The standard InChI is InChI=1S/C18H23F5N4O3.HI/c1-2-24-17(26-12-3-4-27(8-12)9-18(21,22)23)25-7-11-5-14-15(29-10-28-14)6-13(11)30-16(19)20;/h5-6,12,16H,2-4,7-10H2,1H3,(H2,24,25,26);1H. The van der Waals surface area contributed by atoms with Gasteiger partial charge in [0.05, 0.1) is 13.1 Å². The Kier molecular flexibility index (Phi) is 9.21. The average molecular weight is 566 g/mol. The van der Waals surface area contributed by atoms with Crippen molar-refractivity contribution in [2.24, 2.45) is 4.99 Å². The molecule has 1 fully saturated rings. The number of rotatable bonds is 7. The van der Waals surface area contributed by atoms with Gasteiger partial charge in [-0.2, -0.15) is 22.0 Å². The first-order chi connectivity index (χ1) is 14.2. The minimum absolute atomic E-state index is 0. The van der Waals surface area contributed by atoms with Gasteiger partial charge in [0.1, 0.15) is 5.75 Å². The van der Waals surface area contributed by atoms with Crippen LogP contribution in [0.15, 0.2) is 17.1 Å². The Hall–Kier alpha value is -1.77. The second kappa shape index (κ2) is 11.2. The number of nitrogens with one attached hydrogen (secondary N) is 2. The molecular formula is C18H24F5IN4O3. The monoisotopic (exact) mass is 566 g/mol. The van der Waals surface area contributed by atoms with E-state index in [4.69, 9.17) is 9.47 Å². The Balaban J connectivity index is 0.00000341. The maximum absolute atomic E-state index is 12.8. The summed E-state index contributed by atoms with van der Waals surface area (Å²) in [6, 6.07) is 2.64. The van der Waals surface area contributed by atoms with Gasteiger partial charge in [0.15, 0.2) is 17.5 Å². The number of halogens is 6. The lowest BCUT2D eigenvalue weighted by atomic mass is 10.1. The lowest BCUT2D eigenvalue weighted by molar-refractivity contribution is -0.143. The number of ether oxygens (including phenoxy) is 3. The third-order valence-electron chi connectivity index (χ3n) is 4.54. The van der Waals surface area contributed by atoms with E-state index in [2.05, 4.69) is 20.4 Å². The number of likely N-dealkylation sites (tertiary alicyclic amines) is 1. The van der Waals surface area contributed by atoms with E-state index in [1.165, 1.54) is 17.0 Å². The highest BCUT2D eigenvalue weighted by molar-refractivity contribution is 14.0. The number of fused-ring (bicyclic) bond motifs is 1. The molecule has 0 radical (unpaired) electrons. The lowest BCUT2D eigenvalue weighted by Crippen LogP contribution is -2.45. The zero-order chi connectivity index (χ0) is 21.7. The van der Waals surface area contributed by atoms with Crippen molar-refractivity contribution in [3.05, 3.63) is 17.7 Å². The molecule has 1 unspecified atom stereocenters. The van der Waals surface area contributed by atoms with E-state index < -0.39 is 19.3 Å². The molecular weight excluding hydrogens is 542 g/mol. The van der Waals surface area contributed by atoms with Crippen LogP contribution in [0, 0.1) is 0 Å². The molecule has 1 saturated heterocycles. The van der Waals surface area contributed by atoms with Crippen molar-refractivity contribution < 1.29 is 36.2 Å². The normalized spacial score (nSPS) is 18.8. The van der Waals surface area contributed by atoms with Crippen molar-refractivity contribution in [2.75, 3.05) is 33.0 Å². The summed E-state index contributed by atoms with van der Waals surface area (Å²) < 4.78 is 78.2. The van der Waals surface area contributed by atoms with E-state index in [-0.39, 0.29) is 55.7 Å². The van der Waals surface area contributed by atoms with E-state index in [9.17, 15) is 22.0 Å². The summed E-state index contributed by atoms with van der Waals surface area (Å²) in [5.74, 6) is 1.00. The third-order valence-corrected chi connectivity index (χ3v) is 4.54. The molecule has 0 spiro atoms. The number of hydrogen-bond acceptors (Lipinski definition) is 5. The second-order valence-corrected chi connectivity index (χ2v) is 6.87. The molecule has 0 amide bonds. The minimum atomic E-state index is -4.24. The van der Waals surface area contributed by atoms with Crippen molar-refractivity contribution in [1.82, 2.24) is 15.5 Å². The second-order valence-electron chi connectivity index (χ2n) is 6.87. The molecule has 2 N–H and O–H groups in total. The zero-order valence-corrected chi connectivity index (χ0v) is 19.0. The Bertz CT molecular complexity index is 766. The highest BCUT2D eigenvalue weighted by atomic mass is 127. The van der Waals surface area contributed by atoms with Crippen LogP contribution in [0.1, 0.15) is 18.9 Å². The molecule has 1 atom stereocenters. The number of hydrogen-bond donors (Lipinski definition) is 2. The molecule has 13 heteroatoms. The fraction of sp³-hybridized carbons (Fsp3) is 0.611. The van der Waals surface area contributed by atoms with Crippen molar-refractivity contribution in [1.29, 1.82) is 0 Å². The Morgan fingerprint density at radius 1 is 1.29 bits per heavy atom. The predicted molar refractivity (Wildman–Crippen MR) is 113 cm³/mol. The van der Waals surface area contributed by atoms with Crippen LogP contribution in [0.2, 0.25) is 0 Å². The average Bonchev–Trinajstić information content (AvgIpc) is 3.26. The van der Waals surface area contributed by atoms with Gasteiger partial charge in [-0.1, -0.05) is 0 Å². The van der Waals surface area contributed by atoms with Crippen molar-refractivity contribution in [3.63, 3.8) is 0 Å². The first-order valence-electron chi connectivity index (χ1n) is 9.44. The molecule has 0 aliphatic carbocycles. The van der Waals surface area contributed by atoms with Crippen LogP contribution in [0.4, 0.5) is 22.0 Å². The predicted octanol–water partition coefficient (Wildman–Crippen LogP) is 3.33. The quantitative estimate of drug-likeness (QED) is 0.229. The smallest absolute Gasteiger partial charge is 0.401 e. The molecule has 2 heterocycles. The lowest BCUT2D eigenvalue weighted by Gasteiger charge is -2.20. The molecule has 2 aliphatic heterocycles.